The van der Waals surface area contributed by atoms with E-state index in [-0.39, 0.29) is 11.6 Å². The predicted molar refractivity (Wildman–Crippen MR) is 80.3 cm³/mol. The molecule has 0 radical (unpaired) electrons. The third kappa shape index (κ3) is 2.19. The van der Waals surface area contributed by atoms with E-state index in [2.05, 4.69) is 15.5 Å². The number of ether oxygens (including phenoxy) is 1. The quantitative estimate of drug-likeness (QED) is 0.669. The molecule has 1 aromatic carbocycles. The number of nitro groups is 1. The molecule has 7 nitrogen and oxygen atoms in total. The number of hydrogen-bond acceptors (Lipinski definition) is 5. The molecule has 0 bridgehead atoms. The Morgan fingerprint density at radius 2 is 2.09 bits per heavy atom. The van der Waals surface area contributed by atoms with Crippen molar-refractivity contribution in [3.63, 3.8) is 0 Å². The maximum atomic E-state index is 11.6. The van der Waals surface area contributed by atoms with Crippen LogP contribution in [0.25, 0.3) is 0 Å². The largest absolute Gasteiger partial charge is 0.414 e. The molecule has 0 fully saturated rings. The second-order valence-electron chi connectivity index (χ2n) is 4.88. The molecule has 8 heteroatoms. The summed E-state index contributed by atoms with van der Waals surface area (Å²) in [5.74, 6) is -0.159. The Kier molecular flexibility index (Phi) is 3.50. The Balaban J connectivity index is 2.25. The Morgan fingerprint density at radius 3 is 2.68 bits per heavy atom. The van der Waals surface area contributed by atoms with Crippen LogP contribution in [0.5, 0.6) is 5.88 Å². The fourth-order valence-corrected chi connectivity index (χ4v) is 2.72. The van der Waals surface area contributed by atoms with Gasteiger partial charge in [0.05, 0.1) is 10.5 Å². The molecule has 0 spiro atoms. The molecule has 2 aromatic rings. The van der Waals surface area contributed by atoms with Gasteiger partial charge in [-0.05, 0) is 24.6 Å². The van der Waals surface area contributed by atoms with Crippen molar-refractivity contribution < 1.29 is 9.66 Å². The summed E-state index contributed by atoms with van der Waals surface area (Å²) in [6, 6.07) is 6.95. The summed E-state index contributed by atoms with van der Waals surface area (Å²) in [5, 5.41) is 21.8. The number of fused-ring (bicyclic) bond motifs is 1. The molecule has 114 valence electrons. The van der Waals surface area contributed by atoms with E-state index in [0.717, 1.165) is 11.3 Å². The number of H-pyrrole nitrogens is 1. The first-order chi connectivity index (χ1) is 10.5. The highest BCUT2D eigenvalue weighted by Crippen LogP contribution is 2.43. The van der Waals surface area contributed by atoms with Crippen molar-refractivity contribution in [2.45, 2.75) is 12.8 Å². The Bertz CT molecular complexity index is 767. The summed E-state index contributed by atoms with van der Waals surface area (Å²) in [5.41, 5.74) is 2.08. The van der Waals surface area contributed by atoms with E-state index in [9.17, 15) is 10.1 Å². The molecule has 1 unspecified atom stereocenters. The average Bonchev–Trinajstić information content (AvgIpc) is 2.87. The lowest BCUT2D eigenvalue weighted by Gasteiger charge is -2.22. The maximum Gasteiger partial charge on any atom is 0.317 e. The number of benzene rings is 1. The summed E-state index contributed by atoms with van der Waals surface area (Å²) >= 11 is 5.91. The Hall–Kier alpha value is -2.54. The zero-order valence-electron chi connectivity index (χ0n) is 11.9. The zero-order chi connectivity index (χ0) is 15.9. The van der Waals surface area contributed by atoms with Crippen molar-refractivity contribution in [2.24, 2.45) is 0 Å². The van der Waals surface area contributed by atoms with Gasteiger partial charge >= 0.3 is 5.70 Å². The Morgan fingerprint density at radius 1 is 1.41 bits per heavy atom. The van der Waals surface area contributed by atoms with Gasteiger partial charge in [-0.1, -0.05) is 23.7 Å². The molecular formula is C14H13ClN4O3. The number of halogens is 1. The van der Waals surface area contributed by atoms with Crippen LogP contribution in [0, 0.1) is 17.0 Å². The van der Waals surface area contributed by atoms with E-state index < -0.39 is 10.8 Å². The van der Waals surface area contributed by atoms with Crippen LogP contribution in [0.15, 0.2) is 35.8 Å². The number of nitrogens with one attached hydrogen (secondary N) is 2. The lowest BCUT2D eigenvalue weighted by molar-refractivity contribution is -0.432. The number of hydrogen-bond donors (Lipinski definition) is 2. The third-order valence-electron chi connectivity index (χ3n) is 3.58. The van der Waals surface area contributed by atoms with E-state index in [1.165, 1.54) is 0 Å². The molecule has 1 atom stereocenters. The summed E-state index contributed by atoms with van der Waals surface area (Å²) < 4.78 is 5.51. The molecular weight excluding hydrogens is 308 g/mol. The van der Waals surface area contributed by atoms with Crippen molar-refractivity contribution >= 4 is 11.6 Å². The molecule has 1 aliphatic rings. The summed E-state index contributed by atoms with van der Waals surface area (Å²) in [7, 11) is 1.57. The predicted octanol–water partition coefficient (Wildman–Crippen LogP) is 2.56. The van der Waals surface area contributed by atoms with Crippen LogP contribution in [0.4, 0.5) is 0 Å². The number of aromatic amines is 1. The van der Waals surface area contributed by atoms with Crippen molar-refractivity contribution in [1.29, 1.82) is 0 Å². The summed E-state index contributed by atoms with van der Waals surface area (Å²) in [4.78, 5) is 11.2. The van der Waals surface area contributed by atoms with Gasteiger partial charge in [0.2, 0.25) is 5.88 Å². The van der Waals surface area contributed by atoms with Crippen LogP contribution >= 0.6 is 11.6 Å². The fourth-order valence-electron chi connectivity index (χ4n) is 2.60. The molecule has 0 saturated carbocycles. The first-order valence-electron chi connectivity index (χ1n) is 6.57. The van der Waals surface area contributed by atoms with Gasteiger partial charge in [0.15, 0.2) is 0 Å². The lowest BCUT2D eigenvalue weighted by atomic mass is 9.87. The van der Waals surface area contributed by atoms with Gasteiger partial charge in [0.25, 0.3) is 5.88 Å². The first-order valence-corrected chi connectivity index (χ1v) is 6.95. The molecule has 0 aliphatic carbocycles. The summed E-state index contributed by atoms with van der Waals surface area (Å²) in [6.45, 7) is 1.81. The van der Waals surface area contributed by atoms with E-state index in [0.29, 0.717) is 16.5 Å². The van der Waals surface area contributed by atoms with Gasteiger partial charge < -0.3 is 10.1 Å². The van der Waals surface area contributed by atoms with Crippen LogP contribution in [-0.4, -0.2) is 22.2 Å². The number of allylic oxidation sites excluding steroid dienone is 1. The molecule has 3 rings (SSSR count). The normalized spacial score (nSPS) is 17.0. The molecule has 2 heterocycles. The van der Waals surface area contributed by atoms with Crippen molar-refractivity contribution in [2.75, 3.05) is 7.05 Å². The molecule has 1 aliphatic heterocycles. The van der Waals surface area contributed by atoms with Crippen LogP contribution < -0.4 is 10.1 Å². The number of nitrogens with zero attached hydrogens (tertiary/aromatic N) is 2. The highest BCUT2D eigenvalue weighted by atomic mass is 35.5. The molecule has 0 amide bonds. The van der Waals surface area contributed by atoms with Crippen LogP contribution in [-0.2, 0) is 0 Å². The maximum absolute atomic E-state index is 11.6. The molecule has 2 N–H and O–H groups in total. The fraction of sp³-hybridized carbons (Fsp3) is 0.214. The highest BCUT2D eigenvalue weighted by molar-refractivity contribution is 6.30. The topological polar surface area (TPSA) is 93.1 Å². The summed E-state index contributed by atoms with van der Waals surface area (Å²) in [6.07, 6.45) is 0. The van der Waals surface area contributed by atoms with Gasteiger partial charge in [0, 0.05) is 17.8 Å². The van der Waals surface area contributed by atoms with Gasteiger partial charge in [-0.15, -0.1) is 5.10 Å². The minimum Gasteiger partial charge on any atom is -0.414 e. The van der Waals surface area contributed by atoms with Gasteiger partial charge in [-0.2, -0.15) is 0 Å². The van der Waals surface area contributed by atoms with Gasteiger partial charge in [-0.25, -0.2) is 0 Å². The van der Waals surface area contributed by atoms with E-state index >= 15 is 0 Å². The lowest BCUT2D eigenvalue weighted by Crippen LogP contribution is -2.27. The average molecular weight is 321 g/mol. The smallest absolute Gasteiger partial charge is 0.317 e. The molecule has 1 aromatic heterocycles. The SMILES string of the molecule is CNC1=C([N+](=O)[O-])C(c2ccc(Cl)cc2)c2c(n[nH]c2C)O1. The van der Waals surface area contributed by atoms with Crippen LogP contribution in [0.2, 0.25) is 5.02 Å². The van der Waals surface area contributed by atoms with E-state index in [4.69, 9.17) is 16.3 Å². The number of aryl methyl sites for hydroxylation is 1. The highest BCUT2D eigenvalue weighted by Gasteiger charge is 2.42. The monoisotopic (exact) mass is 320 g/mol. The second-order valence-corrected chi connectivity index (χ2v) is 5.31. The van der Waals surface area contributed by atoms with Crippen molar-refractivity contribution in [3.05, 3.63) is 67.8 Å². The first kappa shape index (κ1) is 14.4. The minimum atomic E-state index is -0.586. The minimum absolute atomic E-state index is 0.0539. The van der Waals surface area contributed by atoms with Gasteiger partial charge in [0.1, 0.15) is 5.92 Å². The van der Waals surface area contributed by atoms with E-state index in [1.54, 1.807) is 38.2 Å². The second kappa shape index (κ2) is 5.34. The van der Waals surface area contributed by atoms with Gasteiger partial charge in [-0.3, -0.25) is 15.2 Å². The number of aromatic nitrogens is 2. The standard InChI is InChI=1S/C14H13ClN4O3/c1-7-10-11(8-3-5-9(15)6-4-8)12(19(20)21)14(16-2)22-13(10)18-17-7/h3-6,11,16H,1-2H3,(H,17,18). The van der Waals surface area contributed by atoms with E-state index in [1.807, 2.05) is 0 Å². The van der Waals surface area contributed by atoms with Crippen molar-refractivity contribution in [3.8, 4) is 5.88 Å². The third-order valence-corrected chi connectivity index (χ3v) is 3.83. The van der Waals surface area contributed by atoms with Crippen LogP contribution in [0.3, 0.4) is 0 Å². The number of rotatable bonds is 3. The zero-order valence-corrected chi connectivity index (χ0v) is 12.6. The van der Waals surface area contributed by atoms with Crippen molar-refractivity contribution in [1.82, 2.24) is 15.5 Å². The Labute approximate surface area is 131 Å². The van der Waals surface area contributed by atoms with Crippen LogP contribution in [0.1, 0.15) is 22.7 Å². The molecule has 22 heavy (non-hydrogen) atoms. The molecule has 0 saturated heterocycles.